The highest BCUT2D eigenvalue weighted by Crippen LogP contribution is 2.16. The molecule has 182 valence electrons. The van der Waals surface area contributed by atoms with Gasteiger partial charge in [0.25, 0.3) is 5.56 Å². The Bertz CT molecular complexity index is 1090. The van der Waals surface area contributed by atoms with E-state index in [2.05, 4.69) is 11.9 Å². The highest BCUT2D eigenvalue weighted by atomic mass is 16.2. The number of hydrogen-bond acceptors (Lipinski definition) is 5. The van der Waals surface area contributed by atoms with Crippen LogP contribution in [0.15, 0.2) is 9.59 Å². The van der Waals surface area contributed by atoms with E-state index in [1.807, 2.05) is 11.5 Å². The molecule has 3 heterocycles. The molecule has 1 aliphatic rings. The van der Waals surface area contributed by atoms with E-state index in [9.17, 15) is 19.2 Å². The summed E-state index contributed by atoms with van der Waals surface area (Å²) in [5, 5.41) is 0. The topological polar surface area (TPSA) is 113 Å². The summed E-state index contributed by atoms with van der Waals surface area (Å²) in [6, 6.07) is 0. The third-order valence-corrected chi connectivity index (χ3v) is 6.33. The van der Waals surface area contributed by atoms with Gasteiger partial charge in [0.2, 0.25) is 11.8 Å². The molecule has 1 aliphatic heterocycles. The van der Waals surface area contributed by atoms with Crippen LogP contribution in [0, 0.1) is 0 Å². The molecular weight excluding hydrogens is 424 g/mol. The summed E-state index contributed by atoms with van der Waals surface area (Å²) in [6.45, 7) is 8.99. The van der Waals surface area contributed by atoms with Gasteiger partial charge in [-0.05, 0) is 12.8 Å². The maximum absolute atomic E-state index is 12.8. The Hall–Kier alpha value is -2.91. The van der Waals surface area contributed by atoms with E-state index in [1.54, 1.807) is 21.3 Å². The number of nitrogens with zero attached hydrogens (tertiary/aromatic N) is 5. The van der Waals surface area contributed by atoms with Gasteiger partial charge in [-0.1, -0.05) is 33.1 Å². The van der Waals surface area contributed by atoms with Crippen LogP contribution in [-0.4, -0.2) is 66.9 Å². The van der Waals surface area contributed by atoms with Gasteiger partial charge in [0.1, 0.15) is 5.82 Å². The first-order valence-electron chi connectivity index (χ1n) is 12.1. The third kappa shape index (κ3) is 5.72. The Morgan fingerprint density at radius 3 is 2.18 bits per heavy atom. The number of aromatic amines is 1. The number of unbranched alkanes of at least 4 members (excludes halogenated alkanes) is 3. The third-order valence-electron chi connectivity index (χ3n) is 6.33. The Morgan fingerprint density at radius 2 is 1.55 bits per heavy atom. The number of carbonyl (C=O) groups is 2. The van der Waals surface area contributed by atoms with Crippen LogP contribution in [0.25, 0.3) is 11.2 Å². The number of fused-ring (bicyclic) bond motifs is 1. The molecule has 2 amide bonds. The Kier molecular flexibility index (Phi) is 8.46. The number of rotatable bonds is 10. The van der Waals surface area contributed by atoms with Crippen molar-refractivity contribution in [2.24, 2.45) is 0 Å². The van der Waals surface area contributed by atoms with Crippen LogP contribution in [0.5, 0.6) is 0 Å². The molecule has 0 aromatic carbocycles. The molecule has 0 spiro atoms. The molecule has 2 aromatic heterocycles. The van der Waals surface area contributed by atoms with E-state index in [1.165, 1.54) is 0 Å². The van der Waals surface area contributed by atoms with Crippen molar-refractivity contribution in [3.8, 4) is 0 Å². The average Bonchev–Trinajstić information content (AvgIpc) is 3.16. The lowest BCUT2D eigenvalue weighted by atomic mass is 10.2. The summed E-state index contributed by atoms with van der Waals surface area (Å²) in [4.78, 5) is 60.2. The van der Waals surface area contributed by atoms with E-state index in [0.29, 0.717) is 62.7 Å². The van der Waals surface area contributed by atoms with E-state index >= 15 is 0 Å². The molecule has 0 atom stereocenters. The molecular formula is C23H36N6O4. The molecule has 33 heavy (non-hydrogen) atoms. The van der Waals surface area contributed by atoms with Crippen molar-refractivity contribution in [3.63, 3.8) is 0 Å². The van der Waals surface area contributed by atoms with Gasteiger partial charge in [0, 0.05) is 59.0 Å². The fourth-order valence-electron chi connectivity index (χ4n) is 4.34. The maximum atomic E-state index is 12.8. The lowest BCUT2D eigenvalue weighted by Gasteiger charge is -2.34. The number of carbonyl (C=O) groups excluding carboxylic acids is 2. The zero-order valence-corrected chi connectivity index (χ0v) is 20.1. The van der Waals surface area contributed by atoms with Crippen LogP contribution >= 0.6 is 0 Å². The number of amides is 2. The standard InChI is InChI=1S/C23H36N6O4/c1-4-6-8-12-28-18(9-10-19(31)27-15-13-26(14-16-27)17(3)30)24-21-20(28)22(32)25-23(33)29(21)11-7-5-2/h4-16H2,1-3H3,(H,25,32,33). The van der Waals surface area contributed by atoms with E-state index in [-0.39, 0.29) is 18.2 Å². The molecule has 2 aromatic rings. The number of aromatic nitrogens is 4. The first-order chi connectivity index (χ1) is 15.9. The van der Waals surface area contributed by atoms with Crippen LogP contribution in [-0.2, 0) is 29.1 Å². The molecule has 10 heteroatoms. The van der Waals surface area contributed by atoms with Crippen molar-refractivity contribution >= 4 is 23.0 Å². The number of imidazole rings is 1. The van der Waals surface area contributed by atoms with Crippen LogP contribution in [0.4, 0.5) is 0 Å². The summed E-state index contributed by atoms with van der Waals surface area (Å²) < 4.78 is 3.44. The van der Waals surface area contributed by atoms with Gasteiger partial charge in [-0.3, -0.25) is 23.9 Å². The fourth-order valence-corrected chi connectivity index (χ4v) is 4.34. The maximum Gasteiger partial charge on any atom is 0.330 e. The summed E-state index contributed by atoms with van der Waals surface area (Å²) in [6.07, 6.45) is 5.36. The molecule has 10 nitrogen and oxygen atoms in total. The molecule has 0 bridgehead atoms. The minimum absolute atomic E-state index is 0.0163. The Morgan fingerprint density at radius 1 is 0.909 bits per heavy atom. The number of aryl methyl sites for hydroxylation is 3. The fraction of sp³-hybridized carbons (Fsp3) is 0.696. The van der Waals surface area contributed by atoms with Crippen molar-refractivity contribution in [2.45, 2.75) is 78.8 Å². The van der Waals surface area contributed by atoms with Crippen molar-refractivity contribution in [1.82, 2.24) is 28.9 Å². The monoisotopic (exact) mass is 460 g/mol. The molecule has 1 saturated heterocycles. The van der Waals surface area contributed by atoms with E-state index in [4.69, 9.17) is 4.98 Å². The number of piperazine rings is 1. The molecule has 3 rings (SSSR count). The van der Waals surface area contributed by atoms with Crippen LogP contribution in [0.2, 0.25) is 0 Å². The smallest absolute Gasteiger partial charge is 0.330 e. The van der Waals surface area contributed by atoms with Gasteiger partial charge in [0.05, 0.1) is 0 Å². The molecule has 1 N–H and O–H groups in total. The van der Waals surface area contributed by atoms with Crippen LogP contribution < -0.4 is 11.2 Å². The number of nitrogens with one attached hydrogen (secondary N) is 1. The summed E-state index contributed by atoms with van der Waals surface area (Å²) in [5.41, 5.74) is -0.0413. The largest absolute Gasteiger partial charge is 0.339 e. The van der Waals surface area contributed by atoms with Gasteiger partial charge in [0.15, 0.2) is 11.2 Å². The van der Waals surface area contributed by atoms with Crippen molar-refractivity contribution in [1.29, 1.82) is 0 Å². The van der Waals surface area contributed by atoms with E-state index in [0.717, 1.165) is 32.1 Å². The highest BCUT2D eigenvalue weighted by Gasteiger charge is 2.24. The summed E-state index contributed by atoms with van der Waals surface area (Å²) >= 11 is 0. The molecule has 1 fully saturated rings. The quantitative estimate of drug-likeness (QED) is 0.540. The zero-order valence-electron chi connectivity index (χ0n) is 20.1. The van der Waals surface area contributed by atoms with Gasteiger partial charge >= 0.3 is 5.69 Å². The minimum Gasteiger partial charge on any atom is -0.339 e. The van der Waals surface area contributed by atoms with Crippen LogP contribution in [0.1, 0.15) is 65.1 Å². The minimum atomic E-state index is -0.440. The zero-order chi connectivity index (χ0) is 24.0. The lowest BCUT2D eigenvalue weighted by molar-refractivity contribution is -0.138. The Labute approximate surface area is 193 Å². The second-order valence-corrected chi connectivity index (χ2v) is 8.71. The van der Waals surface area contributed by atoms with Crippen molar-refractivity contribution < 1.29 is 9.59 Å². The van der Waals surface area contributed by atoms with Gasteiger partial charge < -0.3 is 14.4 Å². The number of hydrogen-bond donors (Lipinski definition) is 1. The van der Waals surface area contributed by atoms with Crippen molar-refractivity contribution in [3.05, 3.63) is 26.7 Å². The predicted molar refractivity (Wildman–Crippen MR) is 126 cm³/mol. The van der Waals surface area contributed by atoms with Gasteiger partial charge in [-0.2, -0.15) is 0 Å². The highest BCUT2D eigenvalue weighted by molar-refractivity contribution is 5.78. The first kappa shape index (κ1) is 24.7. The normalized spacial score (nSPS) is 14.3. The SMILES string of the molecule is CCCCCn1c(CCC(=O)N2CCN(C(C)=O)CC2)nc2c1c(=O)[nH]c(=O)n2CCCC. The second-order valence-electron chi connectivity index (χ2n) is 8.71. The molecule has 0 saturated carbocycles. The molecule has 0 radical (unpaired) electrons. The predicted octanol–water partition coefficient (Wildman–Crippen LogP) is 1.50. The lowest BCUT2D eigenvalue weighted by Crippen LogP contribution is -2.50. The first-order valence-corrected chi connectivity index (χ1v) is 12.1. The number of H-pyrrole nitrogens is 1. The summed E-state index contributed by atoms with van der Waals surface area (Å²) in [7, 11) is 0. The van der Waals surface area contributed by atoms with E-state index < -0.39 is 11.2 Å². The van der Waals surface area contributed by atoms with Gasteiger partial charge in [-0.25, -0.2) is 9.78 Å². The molecule has 0 unspecified atom stereocenters. The van der Waals surface area contributed by atoms with Crippen LogP contribution in [0.3, 0.4) is 0 Å². The second kappa shape index (κ2) is 11.3. The average molecular weight is 461 g/mol. The molecule has 0 aliphatic carbocycles. The Balaban J connectivity index is 1.84. The van der Waals surface area contributed by atoms with Gasteiger partial charge in [-0.15, -0.1) is 0 Å². The summed E-state index contributed by atoms with van der Waals surface area (Å²) in [5.74, 6) is 0.711. The van der Waals surface area contributed by atoms with Crippen molar-refractivity contribution in [2.75, 3.05) is 26.2 Å².